The molecule has 142 valence electrons. The van der Waals surface area contributed by atoms with Gasteiger partial charge in [-0.3, -0.25) is 4.90 Å². The predicted octanol–water partition coefficient (Wildman–Crippen LogP) is 4.66. The van der Waals surface area contributed by atoms with Crippen LogP contribution in [0.1, 0.15) is 50.8 Å². The van der Waals surface area contributed by atoms with Crippen LogP contribution in [0.4, 0.5) is 0 Å². The van der Waals surface area contributed by atoms with E-state index in [1.54, 1.807) is 0 Å². The first-order chi connectivity index (χ1) is 12.7. The first kappa shape index (κ1) is 20.6. The SMILES string of the molecule is CCCN(CCC)[C@@H](C)[C@H](O)COC(c1ccccc1)c1ccccc1. The molecule has 1 N–H and O–H groups in total. The standard InChI is InChI=1S/C23H33NO2/c1-4-16-24(17-5-2)19(3)22(25)18-26-23(20-12-8-6-9-13-20)21-14-10-7-11-15-21/h6-15,19,22-23,25H,4-5,16-18H2,1-3H3/t19-,22+/m0/s1. The van der Waals surface area contributed by atoms with Crippen molar-refractivity contribution >= 4 is 0 Å². The normalized spacial score (nSPS) is 13.9. The zero-order chi connectivity index (χ0) is 18.8. The van der Waals surface area contributed by atoms with Crippen molar-refractivity contribution in [2.75, 3.05) is 19.7 Å². The van der Waals surface area contributed by atoms with E-state index in [0.29, 0.717) is 6.61 Å². The van der Waals surface area contributed by atoms with E-state index >= 15 is 0 Å². The molecule has 0 aromatic heterocycles. The molecule has 0 aliphatic carbocycles. The molecular weight excluding hydrogens is 322 g/mol. The summed E-state index contributed by atoms with van der Waals surface area (Å²) in [6.45, 7) is 8.79. The third-order valence-corrected chi connectivity index (χ3v) is 4.79. The Morgan fingerprint density at radius 3 is 1.73 bits per heavy atom. The molecule has 0 saturated carbocycles. The minimum Gasteiger partial charge on any atom is -0.389 e. The van der Waals surface area contributed by atoms with Crippen molar-refractivity contribution in [2.24, 2.45) is 0 Å². The fourth-order valence-electron chi connectivity index (χ4n) is 3.31. The van der Waals surface area contributed by atoms with Gasteiger partial charge in [-0.25, -0.2) is 0 Å². The van der Waals surface area contributed by atoms with E-state index in [0.717, 1.165) is 37.1 Å². The van der Waals surface area contributed by atoms with Gasteiger partial charge in [0.1, 0.15) is 6.10 Å². The van der Waals surface area contributed by atoms with Crippen molar-refractivity contribution < 1.29 is 9.84 Å². The first-order valence-electron chi connectivity index (χ1n) is 9.81. The molecule has 0 aliphatic heterocycles. The maximum absolute atomic E-state index is 10.7. The van der Waals surface area contributed by atoms with Crippen LogP contribution in [0.15, 0.2) is 60.7 Å². The van der Waals surface area contributed by atoms with E-state index in [1.165, 1.54) is 0 Å². The number of nitrogens with zero attached hydrogens (tertiary/aromatic N) is 1. The number of aliphatic hydroxyl groups is 1. The van der Waals surface area contributed by atoms with Crippen molar-refractivity contribution in [2.45, 2.75) is 51.9 Å². The van der Waals surface area contributed by atoms with Gasteiger partial charge in [0, 0.05) is 6.04 Å². The lowest BCUT2D eigenvalue weighted by Gasteiger charge is -2.32. The summed E-state index contributed by atoms with van der Waals surface area (Å²) >= 11 is 0. The highest BCUT2D eigenvalue weighted by Crippen LogP contribution is 2.26. The highest BCUT2D eigenvalue weighted by molar-refractivity contribution is 5.29. The minimum atomic E-state index is -0.511. The summed E-state index contributed by atoms with van der Waals surface area (Å²) in [6, 6.07) is 20.5. The number of ether oxygens (including phenoxy) is 1. The molecule has 2 atom stereocenters. The summed E-state index contributed by atoms with van der Waals surface area (Å²) in [5.74, 6) is 0. The topological polar surface area (TPSA) is 32.7 Å². The van der Waals surface area contributed by atoms with Gasteiger partial charge >= 0.3 is 0 Å². The van der Waals surface area contributed by atoms with Crippen LogP contribution in [-0.4, -0.2) is 41.8 Å². The molecule has 2 aromatic carbocycles. The van der Waals surface area contributed by atoms with Gasteiger partial charge in [0.2, 0.25) is 0 Å². The number of hydrogen-bond donors (Lipinski definition) is 1. The maximum Gasteiger partial charge on any atom is 0.108 e. The lowest BCUT2D eigenvalue weighted by Crippen LogP contribution is -2.44. The van der Waals surface area contributed by atoms with Crippen LogP contribution >= 0.6 is 0 Å². The van der Waals surface area contributed by atoms with E-state index in [4.69, 9.17) is 4.74 Å². The van der Waals surface area contributed by atoms with Gasteiger partial charge in [-0.2, -0.15) is 0 Å². The number of aliphatic hydroxyl groups excluding tert-OH is 1. The van der Waals surface area contributed by atoms with Gasteiger partial charge in [0.25, 0.3) is 0 Å². The third-order valence-electron chi connectivity index (χ3n) is 4.79. The molecule has 0 unspecified atom stereocenters. The molecule has 0 bridgehead atoms. The first-order valence-corrected chi connectivity index (χ1v) is 9.81. The molecular formula is C23H33NO2. The Hall–Kier alpha value is -1.68. The van der Waals surface area contributed by atoms with Crippen molar-refractivity contribution in [1.82, 2.24) is 4.90 Å². The quantitative estimate of drug-likeness (QED) is 0.636. The highest BCUT2D eigenvalue weighted by Gasteiger charge is 2.23. The Labute approximate surface area is 158 Å². The number of benzene rings is 2. The average Bonchev–Trinajstić information content (AvgIpc) is 2.69. The molecule has 0 saturated heterocycles. The van der Waals surface area contributed by atoms with Gasteiger partial charge in [-0.15, -0.1) is 0 Å². The third kappa shape index (κ3) is 5.94. The molecule has 0 fully saturated rings. The summed E-state index contributed by atoms with van der Waals surface area (Å²) in [5, 5.41) is 10.7. The Bertz CT molecular complexity index is 557. The summed E-state index contributed by atoms with van der Waals surface area (Å²) in [4.78, 5) is 2.36. The molecule has 3 heteroatoms. The molecule has 0 aliphatic rings. The van der Waals surface area contributed by atoms with Crippen LogP contribution in [0.2, 0.25) is 0 Å². The summed E-state index contributed by atoms with van der Waals surface area (Å²) < 4.78 is 6.23. The lowest BCUT2D eigenvalue weighted by atomic mass is 10.0. The zero-order valence-corrected chi connectivity index (χ0v) is 16.3. The van der Waals surface area contributed by atoms with Crippen molar-refractivity contribution in [3.8, 4) is 0 Å². The molecule has 26 heavy (non-hydrogen) atoms. The lowest BCUT2D eigenvalue weighted by molar-refractivity contribution is -0.0318. The van der Waals surface area contributed by atoms with Gasteiger partial charge in [0.15, 0.2) is 0 Å². The van der Waals surface area contributed by atoms with E-state index in [9.17, 15) is 5.11 Å². The van der Waals surface area contributed by atoms with Gasteiger partial charge < -0.3 is 9.84 Å². The van der Waals surface area contributed by atoms with Gasteiger partial charge in [0.05, 0.1) is 12.7 Å². The van der Waals surface area contributed by atoms with E-state index < -0.39 is 6.10 Å². The molecule has 2 rings (SSSR count). The Balaban J connectivity index is 2.07. The molecule has 0 heterocycles. The Kier molecular flexibility index (Phi) is 8.82. The van der Waals surface area contributed by atoms with Crippen LogP contribution in [0, 0.1) is 0 Å². The second-order valence-corrected chi connectivity index (χ2v) is 6.88. The van der Waals surface area contributed by atoms with Crippen LogP contribution in [0.25, 0.3) is 0 Å². The summed E-state index contributed by atoms with van der Waals surface area (Å²) in [6.07, 6.45) is 1.51. The number of rotatable bonds is 11. The van der Waals surface area contributed by atoms with Crippen molar-refractivity contribution in [3.63, 3.8) is 0 Å². The van der Waals surface area contributed by atoms with Crippen molar-refractivity contribution in [3.05, 3.63) is 71.8 Å². The Morgan fingerprint density at radius 2 is 1.31 bits per heavy atom. The summed E-state index contributed by atoms with van der Waals surface area (Å²) in [7, 11) is 0. The van der Waals surface area contributed by atoms with Crippen LogP contribution in [0.5, 0.6) is 0 Å². The van der Waals surface area contributed by atoms with E-state index in [-0.39, 0.29) is 12.1 Å². The second-order valence-electron chi connectivity index (χ2n) is 6.88. The van der Waals surface area contributed by atoms with E-state index in [2.05, 4.69) is 49.9 Å². The van der Waals surface area contributed by atoms with E-state index in [1.807, 2.05) is 36.4 Å². The number of hydrogen-bond acceptors (Lipinski definition) is 3. The molecule has 3 nitrogen and oxygen atoms in total. The Morgan fingerprint density at radius 1 is 0.846 bits per heavy atom. The average molecular weight is 356 g/mol. The monoisotopic (exact) mass is 355 g/mol. The smallest absolute Gasteiger partial charge is 0.108 e. The van der Waals surface area contributed by atoms with Crippen LogP contribution in [-0.2, 0) is 4.74 Å². The molecule has 2 aromatic rings. The predicted molar refractivity (Wildman–Crippen MR) is 108 cm³/mol. The fourth-order valence-corrected chi connectivity index (χ4v) is 3.31. The highest BCUT2D eigenvalue weighted by atomic mass is 16.5. The van der Waals surface area contributed by atoms with Crippen molar-refractivity contribution in [1.29, 1.82) is 0 Å². The zero-order valence-electron chi connectivity index (χ0n) is 16.3. The minimum absolute atomic E-state index is 0.0853. The fraction of sp³-hybridized carbons (Fsp3) is 0.478. The summed E-state index contributed by atoms with van der Waals surface area (Å²) in [5.41, 5.74) is 2.22. The molecule has 0 spiro atoms. The molecule has 0 radical (unpaired) electrons. The van der Waals surface area contributed by atoms with Gasteiger partial charge in [-0.1, -0.05) is 74.5 Å². The second kappa shape index (κ2) is 11.1. The van der Waals surface area contributed by atoms with Gasteiger partial charge in [-0.05, 0) is 44.0 Å². The maximum atomic E-state index is 10.7. The largest absolute Gasteiger partial charge is 0.389 e. The van der Waals surface area contributed by atoms with Crippen LogP contribution in [0.3, 0.4) is 0 Å². The van der Waals surface area contributed by atoms with Crippen LogP contribution < -0.4 is 0 Å². The molecule has 0 amide bonds.